The third kappa shape index (κ3) is 3.98. The van der Waals surface area contributed by atoms with Gasteiger partial charge in [0.05, 0.1) is 5.41 Å². The van der Waals surface area contributed by atoms with E-state index in [1.807, 2.05) is 24.3 Å². The molecule has 1 atom stereocenters. The summed E-state index contributed by atoms with van der Waals surface area (Å²) in [6.45, 7) is 1.80. The van der Waals surface area contributed by atoms with Crippen molar-refractivity contribution in [2.45, 2.75) is 13.3 Å². The van der Waals surface area contributed by atoms with E-state index in [2.05, 4.69) is 5.32 Å². The molecular weight excluding hydrogens is 342 g/mol. The first-order valence-electron chi connectivity index (χ1n) is 8.38. The minimum absolute atomic E-state index is 0.0103. The SMILES string of the molecule is CC1(C(=O)Oc2ccc3cc(C(=N)N)ccc3c2)C=CC(NC(=N)N)=CC1. The van der Waals surface area contributed by atoms with Crippen molar-refractivity contribution in [1.29, 1.82) is 10.8 Å². The van der Waals surface area contributed by atoms with E-state index >= 15 is 0 Å². The van der Waals surface area contributed by atoms with Crippen LogP contribution in [0.1, 0.15) is 18.9 Å². The van der Waals surface area contributed by atoms with Gasteiger partial charge in [0.1, 0.15) is 11.6 Å². The fourth-order valence-corrected chi connectivity index (χ4v) is 2.81. The second kappa shape index (κ2) is 6.95. The van der Waals surface area contributed by atoms with E-state index in [1.165, 1.54) is 0 Å². The van der Waals surface area contributed by atoms with Gasteiger partial charge in [-0.2, -0.15) is 0 Å². The monoisotopic (exact) mass is 363 g/mol. The first kappa shape index (κ1) is 18.2. The molecule has 0 bridgehead atoms. The third-order valence-electron chi connectivity index (χ3n) is 4.46. The summed E-state index contributed by atoms with van der Waals surface area (Å²) in [5.74, 6) is -0.0526. The molecule has 138 valence electrons. The van der Waals surface area contributed by atoms with Crippen molar-refractivity contribution in [2.24, 2.45) is 16.9 Å². The zero-order valence-electron chi connectivity index (χ0n) is 14.9. The predicted octanol–water partition coefficient (Wildman–Crippen LogP) is 2.36. The first-order chi connectivity index (χ1) is 12.8. The average Bonchev–Trinajstić information content (AvgIpc) is 2.62. The number of hydrogen-bond acceptors (Lipinski definition) is 4. The van der Waals surface area contributed by atoms with E-state index in [9.17, 15) is 4.79 Å². The smallest absolute Gasteiger partial charge is 0.321 e. The highest BCUT2D eigenvalue weighted by molar-refractivity contribution is 5.99. The number of carbonyl (C=O) groups excluding carboxylic acids is 1. The number of hydrogen-bond donors (Lipinski definition) is 5. The third-order valence-corrected chi connectivity index (χ3v) is 4.46. The number of guanidine groups is 1. The van der Waals surface area contributed by atoms with Crippen LogP contribution >= 0.6 is 0 Å². The van der Waals surface area contributed by atoms with Crippen molar-refractivity contribution in [3.63, 3.8) is 0 Å². The van der Waals surface area contributed by atoms with Crippen LogP contribution in [-0.4, -0.2) is 17.8 Å². The van der Waals surface area contributed by atoms with Crippen molar-refractivity contribution in [3.8, 4) is 5.75 Å². The van der Waals surface area contributed by atoms with Crippen LogP contribution in [0.2, 0.25) is 0 Å². The molecule has 7 N–H and O–H groups in total. The Kier molecular flexibility index (Phi) is 4.68. The van der Waals surface area contributed by atoms with Crippen LogP contribution in [0.3, 0.4) is 0 Å². The fraction of sp³-hybridized carbons (Fsp3) is 0.150. The second-order valence-corrected chi connectivity index (χ2v) is 6.68. The molecule has 1 unspecified atom stereocenters. The van der Waals surface area contributed by atoms with E-state index in [0.717, 1.165) is 10.8 Å². The number of nitrogens with one attached hydrogen (secondary N) is 3. The molecule has 0 heterocycles. The van der Waals surface area contributed by atoms with Crippen molar-refractivity contribution in [3.05, 3.63) is 65.9 Å². The molecule has 1 aliphatic carbocycles. The lowest BCUT2D eigenvalue weighted by molar-refractivity contribution is -0.142. The Hall–Kier alpha value is -3.61. The molecular formula is C20H21N5O2. The number of nitrogen functional groups attached to an aromatic ring is 1. The maximum Gasteiger partial charge on any atom is 0.321 e. The molecule has 0 aromatic heterocycles. The predicted molar refractivity (Wildman–Crippen MR) is 106 cm³/mol. The summed E-state index contributed by atoms with van der Waals surface area (Å²) >= 11 is 0. The summed E-state index contributed by atoms with van der Waals surface area (Å²) in [6, 6.07) is 10.8. The highest BCUT2D eigenvalue weighted by Gasteiger charge is 2.33. The lowest BCUT2D eigenvalue weighted by Gasteiger charge is -2.25. The highest BCUT2D eigenvalue weighted by Crippen LogP contribution is 2.32. The van der Waals surface area contributed by atoms with Crippen molar-refractivity contribution < 1.29 is 9.53 Å². The zero-order chi connectivity index (χ0) is 19.6. The standard InChI is InChI=1S/C20H21N5O2/c1-20(8-6-15(7-9-20)25-19(23)24)18(26)27-16-5-4-12-10-14(17(21)22)3-2-13(12)11-16/h2-8,10-11H,9H2,1H3,(H3,21,22)(H4,23,24,25). The Morgan fingerprint density at radius 2 is 1.85 bits per heavy atom. The number of benzene rings is 2. The van der Waals surface area contributed by atoms with Gasteiger partial charge in [0.25, 0.3) is 0 Å². The number of fused-ring (bicyclic) bond motifs is 1. The van der Waals surface area contributed by atoms with E-state index in [0.29, 0.717) is 23.4 Å². The molecule has 27 heavy (non-hydrogen) atoms. The summed E-state index contributed by atoms with van der Waals surface area (Å²) in [5, 5.41) is 19.3. The molecule has 0 aliphatic heterocycles. The summed E-state index contributed by atoms with van der Waals surface area (Å²) in [4.78, 5) is 12.7. The number of carbonyl (C=O) groups is 1. The van der Waals surface area contributed by atoms with Crippen LogP contribution in [0.15, 0.2) is 60.3 Å². The fourth-order valence-electron chi connectivity index (χ4n) is 2.81. The van der Waals surface area contributed by atoms with Gasteiger partial charge in [-0.3, -0.25) is 15.6 Å². The lowest BCUT2D eigenvalue weighted by Crippen LogP contribution is -2.34. The van der Waals surface area contributed by atoms with Gasteiger partial charge in [0.15, 0.2) is 5.96 Å². The molecule has 3 rings (SSSR count). The van der Waals surface area contributed by atoms with Crippen LogP contribution in [0, 0.1) is 16.2 Å². The minimum atomic E-state index is -0.796. The molecule has 2 aromatic carbocycles. The van der Waals surface area contributed by atoms with Crippen molar-refractivity contribution in [1.82, 2.24) is 5.32 Å². The van der Waals surface area contributed by atoms with Crippen LogP contribution in [0.4, 0.5) is 0 Å². The molecule has 0 amide bonds. The maximum atomic E-state index is 12.7. The molecule has 1 aliphatic rings. The maximum absolute atomic E-state index is 12.7. The largest absolute Gasteiger partial charge is 0.426 e. The van der Waals surface area contributed by atoms with Crippen LogP contribution in [0.5, 0.6) is 5.75 Å². The van der Waals surface area contributed by atoms with Gasteiger partial charge >= 0.3 is 5.97 Å². The zero-order valence-corrected chi connectivity index (χ0v) is 14.9. The number of rotatable bonds is 4. The van der Waals surface area contributed by atoms with Crippen LogP contribution in [-0.2, 0) is 4.79 Å². The molecule has 7 heteroatoms. The van der Waals surface area contributed by atoms with Crippen molar-refractivity contribution in [2.75, 3.05) is 0 Å². The Labute approximate surface area is 156 Å². The van der Waals surface area contributed by atoms with Gasteiger partial charge in [-0.15, -0.1) is 0 Å². The van der Waals surface area contributed by atoms with Crippen LogP contribution in [0.25, 0.3) is 10.8 Å². The number of esters is 1. The molecule has 7 nitrogen and oxygen atoms in total. The Morgan fingerprint density at radius 3 is 2.48 bits per heavy atom. The molecule has 0 spiro atoms. The molecule has 0 saturated carbocycles. The molecule has 0 saturated heterocycles. The van der Waals surface area contributed by atoms with E-state index in [4.69, 9.17) is 27.0 Å². The summed E-state index contributed by atoms with van der Waals surface area (Å²) in [7, 11) is 0. The molecule has 0 fully saturated rings. The van der Waals surface area contributed by atoms with Crippen molar-refractivity contribution >= 4 is 28.5 Å². The average molecular weight is 363 g/mol. The van der Waals surface area contributed by atoms with Gasteiger partial charge in [-0.05, 0) is 48.4 Å². The van der Waals surface area contributed by atoms with E-state index in [-0.39, 0.29) is 17.8 Å². The van der Waals surface area contributed by atoms with Gasteiger partial charge in [-0.1, -0.05) is 30.4 Å². The molecule has 0 radical (unpaired) electrons. The number of amidine groups is 1. The Morgan fingerprint density at radius 1 is 1.15 bits per heavy atom. The van der Waals surface area contributed by atoms with Gasteiger partial charge in [0.2, 0.25) is 0 Å². The lowest BCUT2D eigenvalue weighted by atomic mass is 9.83. The quantitative estimate of drug-likeness (QED) is 0.246. The normalized spacial score (nSPS) is 18.6. The summed E-state index contributed by atoms with van der Waals surface area (Å²) in [5.41, 5.74) is 11.4. The summed E-state index contributed by atoms with van der Waals surface area (Å²) in [6.07, 6.45) is 5.72. The Balaban J connectivity index is 1.75. The molecule has 2 aromatic rings. The van der Waals surface area contributed by atoms with Gasteiger partial charge in [-0.25, -0.2) is 0 Å². The Bertz CT molecular complexity index is 1010. The first-order valence-corrected chi connectivity index (χ1v) is 8.38. The second-order valence-electron chi connectivity index (χ2n) is 6.68. The number of nitrogens with two attached hydrogens (primary N) is 2. The topological polar surface area (TPSA) is 138 Å². The van der Waals surface area contributed by atoms with E-state index in [1.54, 1.807) is 37.3 Å². The summed E-state index contributed by atoms with van der Waals surface area (Å²) < 4.78 is 5.59. The highest BCUT2D eigenvalue weighted by atomic mass is 16.5. The number of allylic oxidation sites excluding steroid dienone is 2. The van der Waals surface area contributed by atoms with Gasteiger partial charge in [0, 0.05) is 11.3 Å². The van der Waals surface area contributed by atoms with Gasteiger partial charge < -0.3 is 21.5 Å². The number of ether oxygens (including phenoxy) is 1. The minimum Gasteiger partial charge on any atom is -0.426 e. The van der Waals surface area contributed by atoms with Crippen LogP contribution < -0.4 is 21.5 Å². The van der Waals surface area contributed by atoms with E-state index < -0.39 is 5.41 Å².